The molecule has 2 aromatic carbocycles. The molecule has 19 heavy (non-hydrogen) atoms. The molecule has 0 aliphatic heterocycles. The van der Waals surface area contributed by atoms with E-state index in [0.717, 1.165) is 22.3 Å². The number of hydrogen-bond acceptors (Lipinski definition) is 2. The number of phenolic OH excluding ortho intramolecular Hbond substituents is 1. The van der Waals surface area contributed by atoms with Crippen LogP contribution in [0.5, 0.6) is 5.75 Å². The average molecular weight is 255 g/mol. The SMILES string of the molecule is CC(C)(C)c1cc(O)c(CN)c(-c2ccccc2)c1. The third-order valence-corrected chi connectivity index (χ3v) is 3.38. The lowest BCUT2D eigenvalue weighted by atomic mass is 9.83. The van der Waals surface area contributed by atoms with Crippen molar-refractivity contribution in [2.45, 2.75) is 32.7 Å². The summed E-state index contributed by atoms with van der Waals surface area (Å²) in [6.07, 6.45) is 0. The zero-order valence-corrected chi connectivity index (χ0v) is 11.8. The van der Waals surface area contributed by atoms with Crippen LogP contribution in [0.15, 0.2) is 42.5 Å². The molecular formula is C17H21NO. The highest BCUT2D eigenvalue weighted by atomic mass is 16.3. The highest BCUT2D eigenvalue weighted by Crippen LogP contribution is 2.35. The monoisotopic (exact) mass is 255 g/mol. The molecule has 0 amide bonds. The summed E-state index contributed by atoms with van der Waals surface area (Å²) in [5.41, 5.74) is 9.81. The fourth-order valence-electron chi connectivity index (χ4n) is 2.18. The van der Waals surface area contributed by atoms with Crippen molar-refractivity contribution in [3.05, 3.63) is 53.6 Å². The van der Waals surface area contributed by atoms with Gasteiger partial charge in [-0.25, -0.2) is 0 Å². The molecular weight excluding hydrogens is 234 g/mol. The van der Waals surface area contributed by atoms with Gasteiger partial charge in [-0.2, -0.15) is 0 Å². The van der Waals surface area contributed by atoms with Crippen molar-refractivity contribution in [2.75, 3.05) is 0 Å². The summed E-state index contributed by atoms with van der Waals surface area (Å²) in [7, 11) is 0. The Bertz CT molecular complexity index is 568. The van der Waals surface area contributed by atoms with Crippen LogP contribution in [0.3, 0.4) is 0 Å². The molecule has 0 aliphatic carbocycles. The van der Waals surface area contributed by atoms with Crippen LogP contribution >= 0.6 is 0 Å². The van der Waals surface area contributed by atoms with E-state index in [0.29, 0.717) is 6.54 Å². The minimum atomic E-state index is -0.00581. The molecule has 2 nitrogen and oxygen atoms in total. The summed E-state index contributed by atoms with van der Waals surface area (Å²) >= 11 is 0. The Hall–Kier alpha value is -1.80. The molecule has 3 N–H and O–H groups in total. The Labute approximate surface area is 114 Å². The number of hydrogen-bond donors (Lipinski definition) is 2. The smallest absolute Gasteiger partial charge is 0.120 e. The summed E-state index contributed by atoms with van der Waals surface area (Å²) in [6.45, 7) is 6.75. The van der Waals surface area contributed by atoms with Gasteiger partial charge in [0.2, 0.25) is 0 Å². The van der Waals surface area contributed by atoms with Gasteiger partial charge in [0.15, 0.2) is 0 Å². The first-order valence-corrected chi connectivity index (χ1v) is 6.55. The van der Waals surface area contributed by atoms with Gasteiger partial charge in [0.1, 0.15) is 5.75 Å². The molecule has 2 aromatic rings. The minimum Gasteiger partial charge on any atom is -0.508 e. The second kappa shape index (κ2) is 5.06. The maximum atomic E-state index is 10.2. The van der Waals surface area contributed by atoms with Gasteiger partial charge in [-0.05, 0) is 28.2 Å². The second-order valence-electron chi connectivity index (χ2n) is 5.84. The van der Waals surface area contributed by atoms with Crippen molar-refractivity contribution >= 4 is 0 Å². The van der Waals surface area contributed by atoms with Crippen molar-refractivity contribution in [2.24, 2.45) is 5.73 Å². The molecule has 0 unspecified atom stereocenters. The van der Waals surface area contributed by atoms with E-state index in [2.05, 4.69) is 26.8 Å². The van der Waals surface area contributed by atoms with Crippen molar-refractivity contribution in [3.63, 3.8) is 0 Å². The Morgan fingerprint density at radius 3 is 2.21 bits per heavy atom. The standard InChI is InChI=1S/C17H21NO/c1-17(2,3)13-9-14(12-7-5-4-6-8-12)15(11-18)16(19)10-13/h4-10,19H,11,18H2,1-3H3. The van der Waals surface area contributed by atoms with Gasteiger partial charge in [-0.3, -0.25) is 0 Å². The summed E-state index contributed by atoms with van der Waals surface area (Å²) in [6, 6.07) is 14.0. The molecule has 0 bridgehead atoms. The van der Waals surface area contributed by atoms with Crippen molar-refractivity contribution < 1.29 is 5.11 Å². The third kappa shape index (κ3) is 2.79. The van der Waals surface area contributed by atoms with Crippen LogP contribution < -0.4 is 5.73 Å². The van der Waals surface area contributed by atoms with Gasteiger partial charge in [0, 0.05) is 12.1 Å². The van der Waals surface area contributed by atoms with E-state index >= 15 is 0 Å². The Morgan fingerprint density at radius 1 is 1.05 bits per heavy atom. The Kier molecular flexibility index (Phi) is 3.63. The average Bonchev–Trinajstić information content (AvgIpc) is 2.37. The van der Waals surface area contributed by atoms with Gasteiger partial charge in [-0.1, -0.05) is 57.2 Å². The maximum Gasteiger partial charge on any atom is 0.120 e. The molecule has 0 heterocycles. The van der Waals surface area contributed by atoms with Gasteiger partial charge in [-0.15, -0.1) is 0 Å². The maximum absolute atomic E-state index is 10.2. The van der Waals surface area contributed by atoms with Gasteiger partial charge in [0.25, 0.3) is 0 Å². The summed E-state index contributed by atoms with van der Waals surface area (Å²) < 4.78 is 0. The molecule has 0 spiro atoms. The molecule has 0 aliphatic rings. The van der Waals surface area contributed by atoms with Crippen molar-refractivity contribution in [1.29, 1.82) is 0 Å². The molecule has 100 valence electrons. The van der Waals surface area contributed by atoms with Crippen molar-refractivity contribution in [1.82, 2.24) is 0 Å². The van der Waals surface area contributed by atoms with Crippen LogP contribution in [0.1, 0.15) is 31.9 Å². The fourth-order valence-corrected chi connectivity index (χ4v) is 2.18. The fraction of sp³-hybridized carbons (Fsp3) is 0.294. The lowest BCUT2D eigenvalue weighted by Gasteiger charge is -2.22. The number of nitrogens with two attached hydrogens (primary N) is 1. The highest BCUT2D eigenvalue weighted by Gasteiger charge is 2.18. The molecule has 0 aromatic heterocycles. The zero-order valence-electron chi connectivity index (χ0n) is 11.8. The molecule has 0 fully saturated rings. The van der Waals surface area contributed by atoms with Crippen LogP contribution in [0, 0.1) is 0 Å². The molecule has 0 saturated heterocycles. The number of phenols is 1. The Morgan fingerprint density at radius 2 is 1.68 bits per heavy atom. The summed E-state index contributed by atoms with van der Waals surface area (Å²) in [4.78, 5) is 0. The lowest BCUT2D eigenvalue weighted by Crippen LogP contribution is -2.12. The van der Waals surface area contributed by atoms with E-state index in [1.165, 1.54) is 0 Å². The minimum absolute atomic E-state index is 0.00581. The van der Waals surface area contributed by atoms with Crippen LogP contribution in [0.2, 0.25) is 0 Å². The third-order valence-electron chi connectivity index (χ3n) is 3.38. The number of aromatic hydroxyl groups is 1. The lowest BCUT2D eigenvalue weighted by molar-refractivity contribution is 0.464. The van der Waals surface area contributed by atoms with Crippen molar-refractivity contribution in [3.8, 4) is 16.9 Å². The summed E-state index contributed by atoms with van der Waals surface area (Å²) in [5.74, 6) is 0.286. The van der Waals surface area contributed by atoms with Crippen LogP contribution in [0.25, 0.3) is 11.1 Å². The molecule has 0 radical (unpaired) electrons. The molecule has 0 atom stereocenters. The Balaban J connectivity index is 2.67. The first-order chi connectivity index (χ1) is 8.93. The molecule has 2 rings (SSSR count). The molecule has 2 heteroatoms. The van der Waals surface area contributed by atoms with Gasteiger partial charge >= 0.3 is 0 Å². The molecule has 0 saturated carbocycles. The summed E-state index contributed by atoms with van der Waals surface area (Å²) in [5, 5.41) is 10.2. The van der Waals surface area contributed by atoms with E-state index in [9.17, 15) is 5.11 Å². The van der Waals surface area contributed by atoms with E-state index in [4.69, 9.17) is 5.73 Å². The second-order valence-corrected chi connectivity index (χ2v) is 5.84. The predicted octanol–water partition coefficient (Wildman–Crippen LogP) is 3.82. The van der Waals surface area contributed by atoms with Crippen LogP contribution in [0.4, 0.5) is 0 Å². The van der Waals surface area contributed by atoms with Crippen LogP contribution in [-0.4, -0.2) is 5.11 Å². The van der Waals surface area contributed by atoms with Crippen LogP contribution in [-0.2, 0) is 12.0 Å². The largest absolute Gasteiger partial charge is 0.508 e. The van der Waals surface area contributed by atoms with E-state index < -0.39 is 0 Å². The number of benzene rings is 2. The van der Waals surface area contributed by atoms with E-state index in [-0.39, 0.29) is 11.2 Å². The highest BCUT2D eigenvalue weighted by molar-refractivity contribution is 5.71. The van der Waals surface area contributed by atoms with Gasteiger partial charge < -0.3 is 10.8 Å². The first-order valence-electron chi connectivity index (χ1n) is 6.55. The van der Waals surface area contributed by atoms with E-state index in [1.807, 2.05) is 36.4 Å². The zero-order chi connectivity index (χ0) is 14.0. The topological polar surface area (TPSA) is 46.2 Å². The normalized spacial score (nSPS) is 11.6. The quantitative estimate of drug-likeness (QED) is 0.857. The number of rotatable bonds is 2. The first kappa shape index (κ1) is 13.6. The predicted molar refractivity (Wildman–Crippen MR) is 80.1 cm³/mol. The van der Waals surface area contributed by atoms with Gasteiger partial charge in [0.05, 0.1) is 0 Å². The van der Waals surface area contributed by atoms with E-state index in [1.54, 1.807) is 0 Å².